The molecule has 166 valence electrons. The Balaban J connectivity index is 2.07. The second kappa shape index (κ2) is 10.4. The number of aromatic nitrogens is 2. The largest absolute Gasteiger partial charge is 0.459 e. The van der Waals surface area contributed by atoms with Crippen LogP contribution in [0.2, 0.25) is 0 Å². The van der Waals surface area contributed by atoms with E-state index in [-0.39, 0.29) is 18.9 Å². The van der Waals surface area contributed by atoms with E-state index in [0.717, 1.165) is 12.8 Å². The Kier molecular flexibility index (Phi) is 8.39. The highest BCUT2D eigenvalue weighted by atomic mass is 31.2. The van der Waals surface area contributed by atoms with Crippen LogP contribution in [0.4, 0.5) is 0 Å². The second-order valence-corrected chi connectivity index (χ2v) is 11.1. The summed E-state index contributed by atoms with van der Waals surface area (Å²) >= 11 is 0. The van der Waals surface area contributed by atoms with Gasteiger partial charge in [0.15, 0.2) is 5.82 Å². The van der Waals surface area contributed by atoms with Crippen LogP contribution in [0.1, 0.15) is 57.5 Å². The van der Waals surface area contributed by atoms with E-state index >= 15 is 0 Å². The summed E-state index contributed by atoms with van der Waals surface area (Å²) in [6.45, 7) is 10.8. The van der Waals surface area contributed by atoms with Gasteiger partial charge in [-0.25, -0.2) is 0 Å². The first-order chi connectivity index (χ1) is 14.0. The fourth-order valence-electron chi connectivity index (χ4n) is 2.99. The molecule has 1 aromatic carbocycles. The first-order valence-corrected chi connectivity index (χ1v) is 12.5. The number of carbonyl (C=O) groups is 1. The molecule has 1 heterocycles. The van der Waals surface area contributed by atoms with Crippen LogP contribution < -0.4 is 0 Å². The van der Waals surface area contributed by atoms with Crippen molar-refractivity contribution in [3.05, 3.63) is 47.1 Å². The standard InChI is InChI=1S/C22H33N2O5P/c1-7-16-9-11-17(12-10-16)13-14-19-23-20(29-24-19)15-18(30(6,26)27-8-2)21(25)28-22(3,4)5/h9-12,18H,7-8,13-15H2,1-6H3. The Morgan fingerprint density at radius 3 is 2.33 bits per heavy atom. The number of nitrogens with zero attached hydrogens (tertiary/aromatic N) is 2. The molecule has 30 heavy (non-hydrogen) atoms. The summed E-state index contributed by atoms with van der Waals surface area (Å²) in [5.41, 5.74) is 0.799. The summed E-state index contributed by atoms with van der Waals surface area (Å²) in [5, 5.41) is 4.01. The van der Waals surface area contributed by atoms with E-state index < -0.39 is 24.6 Å². The summed E-state index contributed by atoms with van der Waals surface area (Å²) in [6, 6.07) is 8.45. The number of esters is 1. The topological polar surface area (TPSA) is 91.5 Å². The summed E-state index contributed by atoms with van der Waals surface area (Å²) in [6.07, 6.45) is 2.42. The molecule has 0 spiro atoms. The van der Waals surface area contributed by atoms with Crippen molar-refractivity contribution in [1.29, 1.82) is 0 Å². The maximum Gasteiger partial charge on any atom is 0.319 e. The minimum absolute atomic E-state index is 0.0148. The van der Waals surface area contributed by atoms with Gasteiger partial charge in [0.05, 0.1) is 6.61 Å². The van der Waals surface area contributed by atoms with Crippen molar-refractivity contribution < 1.29 is 23.1 Å². The van der Waals surface area contributed by atoms with Crippen molar-refractivity contribution in [2.45, 2.75) is 71.6 Å². The quantitative estimate of drug-likeness (QED) is 0.397. The zero-order valence-electron chi connectivity index (χ0n) is 18.8. The zero-order valence-corrected chi connectivity index (χ0v) is 19.7. The average Bonchev–Trinajstić information content (AvgIpc) is 3.11. The lowest BCUT2D eigenvalue weighted by Crippen LogP contribution is -2.33. The highest BCUT2D eigenvalue weighted by molar-refractivity contribution is 7.60. The molecule has 0 radical (unpaired) electrons. The molecular formula is C22H33N2O5P. The number of aryl methyl sites for hydroxylation is 3. The minimum Gasteiger partial charge on any atom is -0.459 e. The van der Waals surface area contributed by atoms with Crippen molar-refractivity contribution in [1.82, 2.24) is 10.1 Å². The number of benzene rings is 1. The highest BCUT2D eigenvalue weighted by Crippen LogP contribution is 2.50. The van der Waals surface area contributed by atoms with Crippen LogP contribution in [0.15, 0.2) is 28.8 Å². The molecule has 0 aliphatic rings. The van der Waals surface area contributed by atoms with E-state index in [2.05, 4.69) is 41.3 Å². The van der Waals surface area contributed by atoms with Crippen LogP contribution >= 0.6 is 7.37 Å². The Labute approximate surface area is 179 Å². The average molecular weight is 436 g/mol. The first kappa shape index (κ1) is 24.3. The van der Waals surface area contributed by atoms with Crippen molar-refractivity contribution in [3.63, 3.8) is 0 Å². The van der Waals surface area contributed by atoms with Crippen LogP contribution in [0.5, 0.6) is 0 Å². The van der Waals surface area contributed by atoms with E-state index in [4.69, 9.17) is 13.8 Å². The van der Waals surface area contributed by atoms with Gasteiger partial charge in [-0.2, -0.15) is 4.98 Å². The van der Waals surface area contributed by atoms with E-state index in [1.165, 1.54) is 17.8 Å². The van der Waals surface area contributed by atoms with Gasteiger partial charge < -0.3 is 13.8 Å². The van der Waals surface area contributed by atoms with E-state index in [9.17, 15) is 9.36 Å². The van der Waals surface area contributed by atoms with Gasteiger partial charge >= 0.3 is 5.97 Å². The fraction of sp³-hybridized carbons (Fsp3) is 0.591. The zero-order chi connectivity index (χ0) is 22.4. The molecule has 2 aromatic rings. The molecule has 0 aliphatic carbocycles. The number of carbonyl (C=O) groups excluding carboxylic acids is 1. The molecule has 8 heteroatoms. The van der Waals surface area contributed by atoms with Gasteiger partial charge in [-0.3, -0.25) is 9.36 Å². The fourth-order valence-corrected chi connectivity index (χ4v) is 4.61. The van der Waals surface area contributed by atoms with Gasteiger partial charge in [-0.1, -0.05) is 36.3 Å². The van der Waals surface area contributed by atoms with Crippen molar-refractivity contribution >= 4 is 13.3 Å². The van der Waals surface area contributed by atoms with E-state index in [1.54, 1.807) is 27.7 Å². The predicted molar refractivity (Wildman–Crippen MR) is 116 cm³/mol. The van der Waals surface area contributed by atoms with Crippen LogP contribution in [-0.4, -0.2) is 40.6 Å². The molecule has 2 rings (SSSR count). The highest BCUT2D eigenvalue weighted by Gasteiger charge is 2.40. The maximum atomic E-state index is 13.0. The van der Waals surface area contributed by atoms with Crippen molar-refractivity contribution in [2.75, 3.05) is 13.3 Å². The molecule has 1 aromatic heterocycles. The van der Waals surface area contributed by atoms with Gasteiger partial charge in [-0.15, -0.1) is 0 Å². The summed E-state index contributed by atoms with van der Waals surface area (Å²) < 4.78 is 29.2. The van der Waals surface area contributed by atoms with E-state index in [1.807, 2.05) is 0 Å². The smallest absolute Gasteiger partial charge is 0.319 e. The molecule has 0 bridgehead atoms. The van der Waals surface area contributed by atoms with Gasteiger partial charge in [0, 0.05) is 19.5 Å². The second-order valence-electron chi connectivity index (χ2n) is 8.35. The number of hydrogen-bond donors (Lipinski definition) is 0. The lowest BCUT2D eigenvalue weighted by Gasteiger charge is -2.26. The molecule has 2 atom stereocenters. The van der Waals surface area contributed by atoms with Crippen molar-refractivity contribution in [2.24, 2.45) is 0 Å². The third-order valence-corrected chi connectivity index (χ3v) is 6.87. The predicted octanol–water partition coefficient (Wildman–Crippen LogP) is 4.61. The Bertz CT molecular complexity index is 870. The number of rotatable bonds is 10. The molecule has 0 saturated heterocycles. The number of ether oxygens (including phenoxy) is 1. The minimum atomic E-state index is -3.27. The first-order valence-electron chi connectivity index (χ1n) is 10.4. The third kappa shape index (κ3) is 7.37. The van der Waals surface area contributed by atoms with Gasteiger partial charge in [0.1, 0.15) is 11.3 Å². The lowest BCUT2D eigenvalue weighted by atomic mass is 10.1. The van der Waals surface area contributed by atoms with Crippen LogP contribution in [0.25, 0.3) is 0 Å². The van der Waals surface area contributed by atoms with E-state index in [0.29, 0.717) is 12.2 Å². The molecule has 0 N–H and O–H groups in total. The monoisotopic (exact) mass is 436 g/mol. The third-order valence-electron chi connectivity index (χ3n) is 4.58. The number of hydrogen-bond acceptors (Lipinski definition) is 7. The summed E-state index contributed by atoms with van der Waals surface area (Å²) in [4.78, 5) is 17.1. The Morgan fingerprint density at radius 2 is 1.77 bits per heavy atom. The molecular weight excluding hydrogens is 403 g/mol. The molecule has 0 aliphatic heterocycles. The molecule has 0 amide bonds. The molecule has 7 nitrogen and oxygen atoms in total. The summed E-state index contributed by atoms with van der Waals surface area (Å²) in [5.74, 6) is 0.219. The van der Waals surface area contributed by atoms with Gasteiger partial charge in [-0.05, 0) is 51.7 Å². The Hall–Kier alpha value is -1.98. The SMILES string of the molecule is CCOP(C)(=O)C(Cc1nc(CCc2ccc(CC)cc2)no1)C(=O)OC(C)(C)C. The lowest BCUT2D eigenvalue weighted by molar-refractivity contribution is -0.154. The van der Waals surface area contributed by atoms with Gasteiger partial charge in [0.2, 0.25) is 13.3 Å². The molecule has 0 fully saturated rings. The molecule has 2 unspecified atom stereocenters. The summed E-state index contributed by atoms with van der Waals surface area (Å²) in [7, 11) is -3.27. The normalized spacial score (nSPS) is 14.9. The molecule has 0 saturated carbocycles. The van der Waals surface area contributed by atoms with Crippen LogP contribution in [0.3, 0.4) is 0 Å². The van der Waals surface area contributed by atoms with Gasteiger partial charge in [0.25, 0.3) is 0 Å². The Morgan fingerprint density at radius 1 is 1.13 bits per heavy atom. The van der Waals surface area contributed by atoms with Crippen LogP contribution in [0, 0.1) is 0 Å². The maximum absolute atomic E-state index is 13.0. The van der Waals surface area contributed by atoms with Crippen LogP contribution in [-0.2, 0) is 44.3 Å². The van der Waals surface area contributed by atoms with Crippen molar-refractivity contribution in [3.8, 4) is 0 Å².